The average Bonchev–Trinajstić information content (AvgIpc) is 2.94. The first kappa shape index (κ1) is 14.4. The number of hydrogen-bond acceptors (Lipinski definition) is 2. The van der Waals surface area contributed by atoms with Gasteiger partial charge in [0.25, 0.3) is 0 Å². The summed E-state index contributed by atoms with van der Waals surface area (Å²) in [7, 11) is 1.61. The molecule has 3 rings (SSSR count). The van der Waals surface area contributed by atoms with Crippen molar-refractivity contribution in [1.29, 1.82) is 0 Å². The summed E-state index contributed by atoms with van der Waals surface area (Å²) < 4.78 is 5.31. The first-order chi connectivity index (χ1) is 10.2. The van der Waals surface area contributed by atoms with E-state index < -0.39 is 6.10 Å². The van der Waals surface area contributed by atoms with Crippen LogP contribution in [0.15, 0.2) is 36.4 Å². The van der Waals surface area contributed by atoms with Crippen LogP contribution in [0, 0.1) is 0 Å². The molecule has 0 saturated carbocycles. The van der Waals surface area contributed by atoms with Gasteiger partial charge >= 0.3 is 0 Å². The van der Waals surface area contributed by atoms with Gasteiger partial charge in [0, 0.05) is 17.0 Å². The van der Waals surface area contributed by atoms with Crippen LogP contribution in [0.3, 0.4) is 0 Å². The molecule has 0 radical (unpaired) electrons. The highest BCUT2D eigenvalue weighted by Crippen LogP contribution is 2.31. The highest BCUT2D eigenvalue weighted by Gasteiger charge is 2.16. The van der Waals surface area contributed by atoms with Gasteiger partial charge in [-0.15, -0.1) is 0 Å². The largest absolute Gasteiger partial charge is 0.496 e. The predicted molar refractivity (Wildman–Crippen MR) is 85.1 cm³/mol. The lowest BCUT2D eigenvalue weighted by Crippen LogP contribution is -2.04. The fourth-order valence-corrected chi connectivity index (χ4v) is 3.23. The van der Waals surface area contributed by atoms with E-state index in [-0.39, 0.29) is 0 Å². The molecule has 0 heterocycles. The fraction of sp³-hybridized carbons (Fsp3) is 0.333. The second-order valence-corrected chi connectivity index (χ2v) is 6.00. The topological polar surface area (TPSA) is 29.5 Å². The molecule has 2 nitrogen and oxygen atoms in total. The minimum atomic E-state index is -0.613. The molecule has 0 bridgehead atoms. The number of aryl methyl sites for hydroxylation is 2. The van der Waals surface area contributed by atoms with Crippen molar-refractivity contribution in [3.05, 3.63) is 63.7 Å². The quantitative estimate of drug-likeness (QED) is 0.921. The molecule has 1 atom stereocenters. The van der Waals surface area contributed by atoms with Gasteiger partial charge in [0.2, 0.25) is 0 Å². The van der Waals surface area contributed by atoms with Crippen molar-refractivity contribution in [2.75, 3.05) is 7.11 Å². The molecule has 3 heteroatoms. The Balaban J connectivity index is 1.83. The molecule has 1 unspecified atom stereocenters. The third-order valence-corrected chi connectivity index (χ3v) is 4.38. The molecule has 0 saturated heterocycles. The van der Waals surface area contributed by atoms with Gasteiger partial charge in [0.1, 0.15) is 5.75 Å². The van der Waals surface area contributed by atoms with Gasteiger partial charge in [0.05, 0.1) is 13.2 Å². The Hall–Kier alpha value is -1.51. The number of methoxy groups -OCH3 is 1. The first-order valence-electron chi connectivity index (χ1n) is 7.29. The molecule has 0 amide bonds. The van der Waals surface area contributed by atoms with Crippen LogP contribution >= 0.6 is 11.6 Å². The second kappa shape index (κ2) is 6.08. The third kappa shape index (κ3) is 3.07. The lowest BCUT2D eigenvalue weighted by Gasteiger charge is -2.16. The zero-order valence-electron chi connectivity index (χ0n) is 12.1. The van der Waals surface area contributed by atoms with E-state index in [0.29, 0.717) is 17.2 Å². The molecule has 21 heavy (non-hydrogen) atoms. The summed E-state index contributed by atoms with van der Waals surface area (Å²) in [6.07, 6.45) is 3.53. The average molecular weight is 303 g/mol. The minimum Gasteiger partial charge on any atom is -0.496 e. The third-order valence-electron chi connectivity index (χ3n) is 4.14. The van der Waals surface area contributed by atoms with Crippen molar-refractivity contribution >= 4 is 11.6 Å². The monoisotopic (exact) mass is 302 g/mol. The summed E-state index contributed by atoms with van der Waals surface area (Å²) in [5.41, 5.74) is 4.78. The lowest BCUT2D eigenvalue weighted by molar-refractivity contribution is 0.174. The highest BCUT2D eigenvalue weighted by atomic mass is 35.5. The molecular weight excluding hydrogens is 284 g/mol. The second-order valence-electron chi connectivity index (χ2n) is 5.56. The summed E-state index contributed by atoms with van der Waals surface area (Å²) in [6.45, 7) is 0. The van der Waals surface area contributed by atoms with Crippen LogP contribution < -0.4 is 4.74 Å². The van der Waals surface area contributed by atoms with Crippen molar-refractivity contribution in [1.82, 2.24) is 0 Å². The van der Waals surface area contributed by atoms with Crippen molar-refractivity contribution < 1.29 is 9.84 Å². The van der Waals surface area contributed by atoms with Crippen molar-refractivity contribution in [3.63, 3.8) is 0 Å². The van der Waals surface area contributed by atoms with Crippen LogP contribution in [0.4, 0.5) is 0 Å². The molecular formula is C18H19ClO2. The highest BCUT2D eigenvalue weighted by molar-refractivity contribution is 6.30. The van der Waals surface area contributed by atoms with E-state index in [9.17, 15) is 5.11 Å². The van der Waals surface area contributed by atoms with Crippen LogP contribution in [0.2, 0.25) is 5.02 Å². The molecule has 1 aliphatic rings. The van der Waals surface area contributed by atoms with E-state index in [1.165, 1.54) is 24.0 Å². The Morgan fingerprint density at radius 2 is 1.95 bits per heavy atom. The summed E-state index contributed by atoms with van der Waals surface area (Å²) in [5, 5.41) is 11.1. The summed E-state index contributed by atoms with van der Waals surface area (Å²) in [6, 6.07) is 11.9. The van der Waals surface area contributed by atoms with Gasteiger partial charge in [-0.05, 0) is 54.2 Å². The molecule has 1 N–H and O–H groups in total. The fourth-order valence-electron chi connectivity index (χ4n) is 3.05. The van der Waals surface area contributed by atoms with Gasteiger partial charge in [-0.1, -0.05) is 29.8 Å². The van der Waals surface area contributed by atoms with Crippen molar-refractivity contribution in [2.24, 2.45) is 0 Å². The van der Waals surface area contributed by atoms with Crippen molar-refractivity contribution in [3.8, 4) is 5.75 Å². The van der Waals surface area contributed by atoms with Crippen LogP contribution in [0.5, 0.6) is 5.75 Å². The smallest absolute Gasteiger partial charge is 0.124 e. The maximum Gasteiger partial charge on any atom is 0.124 e. The Kier molecular flexibility index (Phi) is 4.18. The zero-order valence-corrected chi connectivity index (χ0v) is 12.9. The predicted octanol–water partition coefficient (Wildman–Crippen LogP) is 4.11. The Labute approximate surface area is 130 Å². The number of halogens is 1. The molecule has 0 aliphatic heterocycles. The zero-order chi connectivity index (χ0) is 14.8. The van der Waals surface area contributed by atoms with Crippen LogP contribution in [0.25, 0.3) is 0 Å². The molecule has 0 spiro atoms. The number of benzene rings is 2. The molecule has 2 aromatic rings. The first-order valence-corrected chi connectivity index (χ1v) is 7.67. The van der Waals surface area contributed by atoms with E-state index in [0.717, 1.165) is 17.5 Å². The Morgan fingerprint density at radius 3 is 2.76 bits per heavy atom. The van der Waals surface area contributed by atoms with Crippen LogP contribution in [0.1, 0.15) is 34.8 Å². The van der Waals surface area contributed by atoms with Gasteiger partial charge in [-0.25, -0.2) is 0 Å². The number of aliphatic hydroxyl groups excluding tert-OH is 1. The number of aliphatic hydroxyl groups is 1. The maximum absolute atomic E-state index is 10.5. The number of fused-ring (bicyclic) bond motifs is 1. The number of hydrogen-bond donors (Lipinski definition) is 1. The minimum absolute atomic E-state index is 0.573. The molecule has 1 aliphatic carbocycles. The molecule has 0 fully saturated rings. The molecule has 110 valence electrons. The van der Waals surface area contributed by atoms with Crippen LogP contribution in [-0.2, 0) is 19.3 Å². The normalized spacial score (nSPS) is 14.8. The van der Waals surface area contributed by atoms with Crippen molar-refractivity contribution in [2.45, 2.75) is 31.8 Å². The van der Waals surface area contributed by atoms with E-state index in [2.05, 4.69) is 18.2 Å². The van der Waals surface area contributed by atoms with E-state index in [4.69, 9.17) is 16.3 Å². The SMILES string of the molecule is COc1ccc(Cl)cc1C(O)Cc1ccc2c(c1)CCC2. The van der Waals surface area contributed by atoms with Gasteiger partial charge in [0.15, 0.2) is 0 Å². The van der Waals surface area contributed by atoms with Gasteiger partial charge in [-0.2, -0.15) is 0 Å². The van der Waals surface area contributed by atoms with E-state index in [1.54, 1.807) is 25.3 Å². The maximum atomic E-state index is 10.5. The summed E-state index contributed by atoms with van der Waals surface area (Å²) >= 11 is 6.03. The molecule has 0 aromatic heterocycles. The number of ether oxygens (including phenoxy) is 1. The van der Waals surface area contributed by atoms with Crippen LogP contribution in [-0.4, -0.2) is 12.2 Å². The molecule has 2 aromatic carbocycles. The standard InChI is InChI=1S/C18H19ClO2/c1-21-18-8-7-15(19)11-16(18)17(20)10-12-5-6-13-3-2-4-14(13)9-12/h5-9,11,17,20H,2-4,10H2,1H3. The Bertz CT molecular complexity index is 652. The van der Waals surface area contributed by atoms with Gasteiger partial charge in [-0.3, -0.25) is 0 Å². The van der Waals surface area contributed by atoms with E-state index in [1.807, 2.05) is 0 Å². The number of rotatable bonds is 4. The van der Waals surface area contributed by atoms with Gasteiger partial charge < -0.3 is 9.84 Å². The summed E-state index contributed by atoms with van der Waals surface area (Å²) in [4.78, 5) is 0. The summed E-state index contributed by atoms with van der Waals surface area (Å²) in [5.74, 6) is 0.674. The lowest BCUT2D eigenvalue weighted by atomic mass is 9.98. The Morgan fingerprint density at radius 1 is 1.14 bits per heavy atom. The van der Waals surface area contributed by atoms with E-state index >= 15 is 0 Å².